The largest absolute Gasteiger partial charge is 0.485 e. The predicted molar refractivity (Wildman–Crippen MR) is 110 cm³/mol. The van der Waals surface area contributed by atoms with E-state index in [1.54, 1.807) is 57.2 Å². The van der Waals surface area contributed by atoms with Gasteiger partial charge in [0.05, 0.1) is 16.8 Å². The van der Waals surface area contributed by atoms with Gasteiger partial charge in [-0.3, -0.25) is 4.79 Å². The van der Waals surface area contributed by atoms with Crippen molar-refractivity contribution in [3.8, 4) is 5.75 Å². The second-order valence-electron chi connectivity index (χ2n) is 6.47. The Kier molecular flexibility index (Phi) is 7.54. The van der Waals surface area contributed by atoms with Crippen LogP contribution in [0.2, 0.25) is 10.0 Å². The zero-order chi connectivity index (χ0) is 20.8. The van der Waals surface area contributed by atoms with E-state index in [0.717, 1.165) is 5.56 Å². The Bertz CT molecular complexity index is 831. The molecule has 1 atom stereocenters. The van der Waals surface area contributed by atoms with Crippen molar-refractivity contribution < 1.29 is 19.1 Å². The van der Waals surface area contributed by atoms with Crippen molar-refractivity contribution >= 4 is 40.8 Å². The standard InChI is InChI=1S/C20H22Cl2N2O4/c1-11(2)28-20(26)12(3)24-19(25)14-6-4-13(5-7-14)10-27-18-16(22)8-15(21)9-17(18)23/h4-9,11-12H,10,23H2,1-3H3,(H,24,25)/t12-/m0/s1. The monoisotopic (exact) mass is 424 g/mol. The van der Waals surface area contributed by atoms with Crippen LogP contribution in [0.25, 0.3) is 0 Å². The number of amides is 1. The minimum Gasteiger partial charge on any atom is -0.485 e. The molecule has 2 aromatic carbocycles. The number of nitrogens with one attached hydrogen (secondary N) is 1. The van der Waals surface area contributed by atoms with Crippen LogP contribution in [0, 0.1) is 0 Å². The maximum atomic E-state index is 12.3. The van der Waals surface area contributed by atoms with E-state index < -0.39 is 12.0 Å². The fourth-order valence-electron chi connectivity index (χ4n) is 2.31. The number of esters is 1. The Balaban J connectivity index is 1.96. The average Bonchev–Trinajstić information content (AvgIpc) is 2.60. The lowest BCUT2D eigenvalue weighted by Gasteiger charge is -2.15. The minimum atomic E-state index is -0.743. The summed E-state index contributed by atoms with van der Waals surface area (Å²) in [5.41, 5.74) is 7.44. The lowest BCUT2D eigenvalue weighted by molar-refractivity contribution is -0.149. The van der Waals surface area contributed by atoms with Crippen LogP contribution in [0.1, 0.15) is 36.7 Å². The van der Waals surface area contributed by atoms with E-state index in [1.807, 2.05) is 0 Å². The Hall–Kier alpha value is -2.44. The summed E-state index contributed by atoms with van der Waals surface area (Å²) in [4.78, 5) is 24.0. The van der Waals surface area contributed by atoms with Crippen LogP contribution in [0.15, 0.2) is 36.4 Å². The third-order valence-electron chi connectivity index (χ3n) is 3.69. The molecule has 0 aliphatic carbocycles. The van der Waals surface area contributed by atoms with Crippen LogP contribution in [-0.2, 0) is 16.1 Å². The van der Waals surface area contributed by atoms with Gasteiger partial charge in [-0.2, -0.15) is 0 Å². The van der Waals surface area contributed by atoms with Gasteiger partial charge in [-0.05, 0) is 50.6 Å². The van der Waals surface area contributed by atoms with Crippen LogP contribution in [0.3, 0.4) is 0 Å². The lowest BCUT2D eigenvalue weighted by Crippen LogP contribution is -2.40. The van der Waals surface area contributed by atoms with E-state index in [0.29, 0.717) is 27.0 Å². The Labute approximate surface area is 173 Å². The quantitative estimate of drug-likeness (QED) is 0.512. The topological polar surface area (TPSA) is 90.6 Å². The number of nitrogens with two attached hydrogens (primary N) is 1. The number of carbonyl (C=O) groups is 2. The highest BCUT2D eigenvalue weighted by atomic mass is 35.5. The van der Waals surface area contributed by atoms with Crippen LogP contribution in [0.4, 0.5) is 5.69 Å². The van der Waals surface area contributed by atoms with Crippen molar-refractivity contribution in [3.63, 3.8) is 0 Å². The zero-order valence-corrected chi connectivity index (χ0v) is 17.3. The van der Waals surface area contributed by atoms with E-state index in [2.05, 4.69) is 5.32 Å². The average molecular weight is 425 g/mol. The summed E-state index contributed by atoms with van der Waals surface area (Å²) >= 11 is 12.0. The maximum Gasteiger partial charge on any atom is 0.328 e. The number of rotatable bonds is 7. The fraction of sp³-hybridized carbons (Fsp3) is 0.300. The molecule has 8 heteroatoms. The van der Waals surface area contributed by atoms with Gasteiger partial charge in [-0.1, -0.05) is 35.3 Å². The number of hydrogen-bond acceptors (Lipinski definition) is 5. The second kappa shape index (κ2) is 9.66. The van der Waals surface area contributed by atoms with E-state index >= 15 is 0 Å². The van der Waals surface area contributed by atoms with Gasteiger partial charge < -0.3 is 20.5 Å². The first-order chi connectivity index (χ1) is 13.2. The van der Waals surface area contributed by atoms with Gasteiger partial charge in [0, 0.05) is 10.6 Å². The lowest BCUT2D eigenvalue weighted by atomic mass is 10.1. The first-order valence-electron chi connectivity index (χ1n) is 8.65. The first kappa shape index (κ1) is 21.9. The predicted octanol–water partition coefficient (Wildman–Crippen LogP) is 4.22. The summed E-state index contributed by atoms with van der Waals surface area (Å²) in [5, 5.41) is 3.36. The van der Waals surface area contributed by atoms with Gasteiger partial charge in [0.1, 0.15) is 12.6 Å². The summed E-state index contributed by atoms with van der Waals surface area (Å²) in [5.74, 6) is -0.498. The number of benzene rings is 2. The van der Waals surface area contributed by atoms with Crippen molar-refractivity contribution in [3.05, 3.63) is 57.6 Å². The van der Waals surface area contributed by atoms with Gasteiger partial charge in [-0.15, -0.1) is 0 Å². The normalized spacial score (nSPS) is 11.8. The molecule has 0 bridgehead atoms. The number of carbonyl (C=O) groups excluding carboxylic acids is 2. The number of anilines is 1. The Morgan fingerprint density at radius 2 is 1.75 bits per heavy atom. The van der Waals surface area contributed by atoms with Gasteiger partial charge in [0.25, 0.3) is 5.91 Å². The molecule has 0 aromatic heterocycles. The molecule has 1 amide bonds. The fourth-order valence-corrected chi connectivity index (χ4v) is 2.88. The molecule has 6 nitrogen and oxygen atoms in total. The molecular formula is C20H22Cl2N2O4. The molecule has 0 saturated heterocycles. The van der Waals surface area contributed by atoms with Gasteiger partial charge in [0.2, 0.25) is 0 Å². The van der Waals surface area contributed by atoms with E-state index in [4.69, 9.17) is 38.4 Å². The summed E-state index contributed by atoms with van der Waals surface area (Å²) in [6.45, 7) is 5.28. The van der Waals surface area contributed by atoms with Crippen molar-refractivity contribution in [1.82, 2.24) is 5.32 Å². The van der Waals surface area contributed by atoms with E-state index in [-0.39, 0.29) is 18.6 Å². The zero-order valence-electron chi connectivity index (χ0n) is 15.8. The molecule has 28 heavy (non-hydrogen) atoms. The molecule has 0 radical (unpaired) electrons. The molecule has 0 saturated carbocycles. The van der Waals surface area contributed by atoms with Crippen molar-refractivity contribution in [1.29, 1.82) is 0 Å². The summed E-state index contributed by atoms with van der Waals surface area (Å²) in [7, 11) is 0. The second-order valence-corrected chi connectivity index (χ2v) is 7.32. The van der Waals surface area contributed by atoms with Gasteiger partial charge in [-0.25, -0.2) is 4.79 Å². The summed E-state index contributed by atoms with van der Waals surface area (Å²) in [6, 6.07) is 9.13. The van der Waals surface area contributed by atoms with Crippen molar-refractivity contribution in [2.45, 2.75) is 39.5 Å². The molecule has 3 N–H and O–H groups in total. The van der Waals surface area contributed by atoms with E-state index in [1.165, 1.54) is 0 Å². The number of nitrogen functional groups attached to an aromatic ring is 1. The van der Waals surface area contributed by atoms with Crippen molar-refractivity contribution in [2.75, 3.05) is 5.73 Å². The van der Waals surface area contributed by atoms with Gasteiger partial charge in [0.15, 0.2) is 5.75 Å². The molecule has 0 aliphatic heterocycles. The summed E-state index contributed by atoms with van der Waals surface area (Å²) in [6.07, 6.45) is -0.241. The Morgan fingerprint density at radius 3 is 2.32 bits per heavy atom. The van der Waals surface area contributed by atoms with Crippen LogP contribution < -0.4 is 15.8 Å². The smallest absolute Gasteiger partial charge is 0.328 e. The maximum absolute atomic E-state index is 12.3. The highest BCUT2D eigenvalue weighted by Crippen LogP contribution is 2.34. The highest BCUT2D eigenvalue weighted by molar-refractivity contribution is 6.36. The van der Waals surface area contributed by atoms with Crippen LogP contribution in [0.5, 0.6) is 5.75 Å². The third-order valence-corrected chi connectivity index (χ3v) is 4.19. The minimum absolute atomic E-state index is 0.213. The molecule has 2 rings (SSSR count). The molecule has 2 aromatic rings. The molecule has 0 aliphatic rings. The molecule has 0 fully saturated rings. The number of halogens is 2. The first-order valence-corrected chi connectivity index (χ1v) is 9.40. The molecule has 0 spiro atoms. The van der Waals surface area contributed by atoms with Crippen molar-refractivity contribution in [2.24, 2.45) is 0 Å². The SMILES string of the molecule is CC(C)OC(=O)[C@H](C)NC(=O)c1ccc(COc2c(N)cc(Cl)cc2Cl)cc1. The van der Waals surface area contributed by atoms with Crippen LogP contribution >= 0.6 is 23.2 Å². The number of ether oxygens (including phenoxy) is 2. The van der Waals surface area contributed by atoms with Crippen LogP contribution in [-0.4, -0.2) is 24.0 Å². The molecule has 0 heterocycles. The molecular weight excluding hydrogens is 403 g/mol. The molecule has 0 unspecified atom stereocenters. The number of hydrogen-bond donors (Lipinski definition) is 2. The van der Waals surface area contributed by atoms with E-state index in [9.17, 15) is 9.59 Å². The highest BCUT2D eigenvalue weighted by Gasteiger charge is 2.19. The third kappa shape index (κ3) is 6.04. The van der Waals surface area contributed by atoms with Gasteiger partial charge >= 0.3 is 5.97 Å². The Morgan fingerprint density at radius 1 is 1.11 bits per heavy atom. The summed E-state index contributed by atoms with van der Waals surface area (Å²) < 4.78 is 10.7. The molecule has 150 valence electrons.